The zero-order valence-electron chi connectivity index (χ0n) is 11.9. The van der Waals surface area contributed by atoms with E-state index in [9.17, 15) is 18.0 Å². The average Bonchev–Trinajstić information content (AvgIpc) is 3.02. The van der Waals surface area contributed by atoms with Gasteiger partial charge in [0.25, 0.3) is 5.91 Å². The fourth-order valence-electron chi connectivity index (χ4n) is 1.92. The van der Waals surface area contributed by atoms with E-state index >= 15 is 0 Å². The molecule has 1 N–H and O–H groups in total. The first-order chi connectivity index (χ1) is 11.4. The predicted molar refractivity (Wildman–Crippen MR) is 78.3 cm³/mol. The number of alkyl halides is 3. The molecule has 0 saturated heterocycles. The van der Waals surface area contributed by atoms with Crippen molar-refractivity contribution in [3.8, 4) is 0 Å². The van der Waals surface area contributed by atoms with Crippen LogP contribution in [0.15, 0.2) is 52.2 Å². The third-order valence-corrected chi connectivity index (χ3v) is 3.13. The minimum absolute atomic E-state index is 0.0660. The lowest BCUT2D eigenvalue weighted by Gasteiger charge is -2.06. The van der Waals surface area contributed by atoms with Crippen molar-refractivity contribution in [2.75, 3.05) is 0 Å². The van der Waals surface area contributed by atoms with E-state index in [0.29, 0.717) is 16.6 Å². The Morgan fingerprint density at radius 3 is 2.50 bits per heavy atom. The highest BCUT2D eigenvalue weighted by Crippen LogP contribution is 2.29. The fraction of sp³-hybridized carbons (Fsp3) is 0.0667. The van der Waals surface area contributed by atoms with Crippen molar-refractivity contribution in [1.29, 1.82) is 0 Å². The molecule has 1 amide bonds. The van der Waals surface area contributed by atoms with Gasteiger partial charge in [-0.25, -0.2) is 10.1 Å². The molecule has 0 unspecified atom stereocenters. The predicted octanol–water partition coefficient (Wildman–Crippen LogP) is 3.01. The summed E-state index contributed by atoms with van der Waals surface area (Å²) in [5.74, 6) is -0.621. The second-order valence-electron chi connectivity index (χ2n) is 4.79. The van der Waals surface area contributed by atoms with Crippen LogP contribution in [0.2, 0.25) is 0 Å². The smallest absolute Gasteiger partial charge is 0.267 e. The van der Waals surface area contributed by atoms with Gasteiger partial charge in [0.2, 0.25) is 0 Å². The zero-order chi connectivity index (χ0) is 17.2. The monoisotopic (exact) mass is 334 g/mol. The van der Waals surface area contributed by atoms with Gasteiger partial charge in [0.05, 0.1) is 11.8 Å². The number of halogens is 3. The summed E-state index contributed by atoms with van der Waals surface area (Å²) in [5, 5.41) is 11.1. The van der Waals surface area contributed by atoms with E-state index in [1.54, 1.807) is 18.2 Å². The second kappa shape index (κ2) is 6.11. The third-order valence-electron chi connectivity index (χ3n) is 3.13. The van der Waals surface area contributed by atoms with Crippen LogP contribution in [-0.4, -0.2) is 22.4 Å². The van der Waals surface area contributed by atoms with E-state index in [0.717, 1.165) is 24.3 Å². The quantitative estimate of drug-likeness (QED) is 0.590. The second-order valence-corrected chi connectivity index (χ2v) is 4.79. The van der Waals surface area contributed by atoms with Crippen molar-refractivity contribution in [3.05, 3.63) is 59.2 Å². The summed E-state index contributed by atoms with van der Waals surface area (Å²) in [6.45, 7) is 0. The van der Waals surface area contributed by atoms with Gasteiger partial charge in [0, 0.05) is 5.56 Å². The molecular weight excluding hydrogens is 325 g/mol. The molecule has 1 heterocycles. The Balaban J connectivity index is 1.66. The molecule has 122 valence electrons. The van der Waals surface area contributed by atoms with E-state index in [2.05, 4.69) is 25.5 Å². The van der Waals surface area contributed by atoms with Gasteiger partial charge in [-0.1, -0.05) is 6.07 Å². The number of hydrazone groups is 1. The molecule has 0 radical (unpaired) electrons. The number of nitrogens with one attached hydrogen (secondary N) is 1. The lowest BCUT2D eigenvalue weighted by molar-refractivity contribution is -0.137. The number of hydrogen-bond donors (Lipinski definition) is 1. The Labute approximate surface area is 132 Å². The summed E-state index contributed by atoms with van der Waals surface area (Å²) in [7, 11) is 0. The van der Waals surface area contributed by atoms with Gasteiger partial charge >= 0.3 is 6.18 Å². The Morgan fingerprint density at radius 1 is 1.08 bits per heavy atom. The number of hydrogen-bond acceptors (Lipinski definition) is 5. The highest BCUT2D eigenvalue weighted by atomic mass is 19.4. The molecule has 3 rings (SSSR count). The molecule has 0 atom stereocenters. The first kappa shape index (κ1) is 15.7. The lowest BCUT2D eigenvalue weighted by atomic mass is 10.1. The zero-order valence-corrected chi connectivity index (χ0v) is 11.9. The minimum atomic E-state index is -4.44. The summed E-state index contributed by atoms with van der Waals surface area (Å²) in [4.78, 5) is 11.8. The van der Waals surface area contributed by atoms with E-state index in [1.807, 2.05) is 0 Å². The van der Waals surface area contributed by atoms with Gasteiger partial charge in [-0.3, -0.25) is 4.79 Å². The van der Waals surface area contributed by atoms with Crippen LogP contribution in [0.3, 0.4) is 0 Å². The summed E-state index contributed by atoms with van der Waals surface area (Å²) < 4.78 is 41.9. The van der Waals surface area contributed by atoms with E-state index in [-0.39, 0.29) is 5.56 Å². The fourth-order valence-corrected chi connectivity index (χ4v) is 1.92. The molecule has 1 aromatic heterocycles. The maximum atomic E-state index is 12.5. The number of carbonyl (C=O) groups excluding carboxylic acids is 1. The molecule has 0 aliphatic heterocycles. The van der Waals surface area contributed by atoms with Crippen LogP contribution in [0.25, 0.3) is 11.0 Å². The molecule has 0 spiro atoms. The van der Waals surface area contributed by atoms with Crippen LogP contribution in [0.5, 0.6) is 0 Å². The molecule has 6 nitrogen and oxygen atoms in total. The summed E-state index contributed by atoms with van der Waals surface area (Å²) in [5.41, 5.74) is 3.24. The minimum Gasteiger partial charge on any atom is -0.267 e. The average molecular weight is 334 g/mol. The summed E-state index contributed by atoms with van der Waals surface area (Å²) in [6, 6.07) is 8.86. The molecule has 9 heteroatoms. The molecule has 0 bridgehead atoms. The number of nitrogens with zero attached hydrogens (tertiary/aromatic N) is 3. The standard InChI is InChI=1S/C15H9F3N4O2/c16-15(17,18)11-4-2-10(3-5-11)14(23)20-19-8-9-1-6-12-13(7-9)22-24-21-12/h1-8H,(H,20,23)/b19-8+. The summed E-state index contributed by atoms with van der Waals surface area (Å²) >= 11 is 0. The van der Waals surface area contributed by atoms with E-state index in [4.69, 9.17) is 0 Å². The first-order valence-corrected chi connectivity index (χ1v) is 6.66. The van der Waals surface area contributed by atoms with Crippen molar-refractivity contribution in [2.24, 2.45) is 5.10 Å². The maximum absolute atomic E-state index is 12.5. The van der Waals surface area contributed by atoms with E-state index in [1.165, 1.54) is 6.21 Å². The molecule has 0 aliphatic carbocycles. The van der Waals surface area contributed by atoms with Gasteiger partial charge in [0.15, 0.2) is 0 Å². The highest BCUT2D eigenvalue weighted by Gasteiger charge is 2.30. The van der Waals surface area contributed by atoms with Crippen molar-refractivity contribution in [3.63, 3.8) is 0 Å². The number of aromatic nitrogens is 2. The van der Waals surface area contributed by atoms with E-state index < -0.39 is 17.6 Å². The van der Waals surface area contributed by atoms with Gasteiger partial charge < -0.3 is 0 Å². The number of benzene rings is 2. The SMILES string of the molecule is O=C(N/N=C/c1ccc2nonc2c1)c1ccc(C(F)(F)F)cc1. The van der Waals surface area contributed by atoms with Crippen LogP contribution < -0.4 is 5.43 Å². The van der Waals surface area contributed by atoms with Crippen LogP contribution in [0, 0.1) is 0 Å². The largest absolute Gasteiger partial charge is 0.416 e. The van der Waals surface area contributed by atoms with Crippen LogP contribution in [-0.2, 0) is 6.18 Å². The summed E-state index contributed by atoms with van der Waals surface area (Å²) in [6.07, 6.45) is -3.07. The molecule has 3 aromatic rings. The Hall–Kier alpha value is -3.23. The normalized spacial score (nSPS) is 12.0. The molecule has 0 aliphatic rings. The number of amides is 1. The number of rotatable bonds is 3. The van der Waals surface area contributed by atoms with Gasteiger partial charge in [-0.05, 0) is 52.3 Å². The maximum Gasteiger partial charge on any atom is 0.416 e. The first-order valence-electron chi connectivity index (χ1n) is 6.66. The number of fused-ring (bicyclic) bond motifs is 1. The third kappa shape index (κ3) is 3.40. The Bertz CT molecular complexity index is 901. The van der Waals surface area contributed by atoms with Crippen molar-refractivity contribution in [1.82, 2.24) is 15.7 Å². The van der Waals surface area contributed by atoms with Crippen LogP contribution in [0.4, 0.5) is 13.2 Å². The van der Waals surface area contributed by atoms with Crippen LogP contribution >= 0.6 is 0 Å². The van der Waals surface area contributed by atoms with Crippen molar-refractivity contribution < 1.29 is 22.6 Å². The molecule has 0 fully saturated rings. The van der Waals surface area contributed by atoms with Crippen molar-refractivity contribution >= 4 is 23.2 Å². The number of carbonyl (C=O) groups is 1. The van der Waals surface area contributed by atoms with Crippen molar-refractivity contribution in [2.45, 2.75) is 6.18 Å². The molecule has 0 saturated carbocycles. The Kier molecular flexibility index (Phi) is 3.98. The van der Waals surface area contributed by atoms with Crippen LogP contribution in [0.1, 0.15) is 21.5 Å². The highest BCUT2D eigenvalue weighted by molar-refractivity contribution is 5.95. The molecule has 2 aromatic carbocycles. The molecule has 24 heavy (non-hydrogen) atoms. The topological polar surface area (TPSA) is 80.4 Å². The van der Waals surface area contributed by atoms with Gasteiger partial charge in [0.1, 0.15) is 11.0 Å². The van der Waals surface area contributed by atoms with Gasteiger partial charge in [-0.15, -0.1) is 0 Å². The lowest BCUT2D eigenvalue weighted by Crippen LogP contribution is -2.18. The molecular formula is C15H9F3N4O2. The van der Waals surface area contributed by atoms with Gasteiger partial charge in [-0.2, -0.15) is 18.3 Å². The Morgan fingerprint density at radius 2 is 1.79 bits per heavy atom.